The Morgan fingerprint density at radius 2 is 2.25 bits per heavy atom. The highest BCUT2D eigenvalue weighted by molar-refractivity contribution is 7.09. The summed E-state index contributed by atoms with van der Waals surface area (Å²) >= 11 is 1.63. The lowest BCUT2D eigenvalue weighted by Crippen LogP contribution is -2.35. The Kier molecular flexibility index (Phi) is 4.38. The summed E-state index contributed by atoms with van der Waals surface area (Å²) in [5.41, 5.74) is 1.38. The Hall–Kier alpha value is -1.90. The first-order valence-corrected chi connectivity index (χ1v) is 7.17. The van der Waals surface area contributed by atoms with Crippen molar-refractivity contribution < 1.29 is 4.74 Å². The van der Waals surface area contributed by atoms with Crippen LogP contribution in [0.5, 0.6) is 5.75 Å². The minimum atomic E-state index is -0.220. The van der Waals surface area contributed by atoms with Crippen molar-refractivity contribution in [2.24, 2.45) is 0 Å². The highest BCUT2D eigenvalue weighted by atomic mass is 32.1. The molecule has 0 saturated carbocycles. The molecule has 0 spiro atoms. The maximum Gasteiger partial charge on any atom is 0.123 e. The van der Waals surface area contributed by atoms with E-state index in [1.54, 1.807) is 30.7 Å². The summed E-state index contributed by atoms with van der Waals surface area (Å²) in [7, 11) is 1.64. The molecular formula is C15H17N3OS. The van der Waals surface area contributed by atoms with Crippen LogP contribution in [0, 0.1) is 11.3 Å². The van der Waals surface area contributed by atoms with E-state index in [0.717, 1.165) is 16.3 Å². The number of nitriles is 1. The van der Waals surface area contributed by atoms with E-state index in [-0.39, 0.29) is 5.54 Å². The molecule has 1 aromatic carbocycles. The first-order valence-electron chi connectivity index (χ1n) is 6.29. The monoisotopic (exact) mass is 287 g/mol. The Morgan fingerprint density at radius 3 is 2.85 bits per heavy atom. The quantitative estimate of drug-likeness (QED) is 0.918. The van der Waals surface area contributed by atoms with E-state index in [4.69, 9.17) is 10.00 Å². The van der Waals surface area contributed by atoms with Gasteiger partial charge in [0.2, 0.25) is 0 Å². The van der Waals surface area contributed by atoms with E-state index in [1.165, 1.54) is 0 Å². The predicted octanol–water partition coefficient (Wildman–Crippen LogP) is 3.05. The predicted molar refractivity (Wildman–Crippen MR) is 79.7 cm³/mol. The van der Waals surface area contributed by atoms with Gasteiger partial charge < -0.3 is 10.1 Å². The van der Waals surface area contributed by atoms with Gasteiger partial charge in [-0.15, -0.1) is 11.3 Å². The summed E-state index contributed by atoms with van der Waals surface area (Å²) in [4.78, 5) is 4.35. The lowest BCUT2D eigenvalue weighted by molar-refractivity contribution is 0.380. The molecule has 0 amide bonds. The summed E-state index contributed by atoms with van der Waals surface area (Å²) in [6.07, 6.45) is 1.81. The zero-order valence-corrected chi connectivity index (χ0v) is 12.6. The largest absolute Gasteiger partial charge is 0.496 e. The third kappa shape index (κ3) is 3.16. The molecule has 0 aliphatic rings. The van der Waals surface area contributed by atoms with Gasteiger partial charge in [-0.1, -0.05) is 0 Å². The number of nitrogens with one attached hydrogen (secondary N) is 1. The normalized spacial score (nSPS) is 11.1. The second kappa shape index (κ2) is 6.04. The second-order valence-corrected chi connectivity index (χ2v) is 5.85. The molecule has 0 saturated heterocycles. The Labute approximate surface area is 123 Å². The smallest absolute Gasteiger partial charge is 0.123 e. The number of rotatable bonds is 5. The highest BCUT2D eigenvalue weighted by Gasteiger charge is 2.22. The minimum Gasteiger partial charge on any atom is -0.496 e. The number of benzene rings is 1. The average molecular weight is 287 g/mol. The van der Waals surface area contributed by atoms with E-state index in [2.05, 4.69) is 30.2 Å². The third-order valence-corrected chi connectivity index (χ3v) is 4.19. The molecule has 0 atom stereocenters. The van der Waals surface area contributed by atoms with Gasteiger partial charge in [0.25, 0.3) is 0 Å². The molecule has 0 aliphatic carbocycles. The van der Waals surface area contributed by atoms with Crippen LogP contribution in [0.1, 0.15) is 30.0 Å². The first-order chi connectivity index (χ1) is 9.56. The standard InChI is InChI=1S/C15H17N3OS/c1-15(2,14-17-6-7-20-14)18-10-12-8-11(9-16)4-5-13(12)19-3/h4-8,18H,10H2,1-3H3. The average Bonchev–Trinajstić information content (AvgIpc) is 3.00. The molecule has 1 heterocycles. The fraction of sp³-hybridized carbons (Fsp3) is 0.333. The maximum atomic E-state index is 8.98. The topological polar surface area (TPSA) is 57.9 Å². The van der Waals surface area contributed by atoms with Gasteiger partial charge in [0.1, 0.15) is 10.8 Å². The van der Waals surface area contributed by atoms with Crippen LogP contribution in [0.4, 0.5) is 0 Å². The van der Waals surface area contributed by atoms with Crippen LogP contribution >= 0.6 is 11.3 Å². The molecule has 0 bridgehead atoms. The summed E-state index contributed by atoms with van der Waals surface area (Å²) in [6, 6.07) is 7.58. The van der Waals surface area contributed by atoms with Crippen LogP contribution < -0.4 is 10.1 Å². The number of ether oxygens (including phenoxy) is 1. The molecule has 0 aliphatic heterocycles. The molecule has 0 unspecified atom stereocenters. The molecule has 2 rings (SSSR count). The van der Waals surface area contributed by atoms with Crippen LogP contribution in [0.25, 0.3) is 0 Å². The fourth-order valence-electron chi connectivity index (χ4n) is 1.91. The number of aromatic nitrogens is 1. The van der Waals surface area contributed by atoms with E-state index < -0.39 is 0 Å². The van der Waals surface area contributed by atoms with Gasteiger partial charge in [-0.25, -0.2) is 4.98 Å². The molecular weight excluding hydrogens is 270 g/mol. The number of nitrogens with zero attached hydrogens (tertiary/aromatic N) is 2. The number of thiazole rings is 1. The number of hydrogen-bond donors (Lipinski definition) is 1. The van der Waals surface area contributed by atoms with Crippen LogP contribution in [0.2, 0.25) is 0 Å². The fourth-order valence-corrected chi connectivity index (χ4v) is 2.65. The summed E-state index contributed by atoms with van der Waals surface area (Å²) in [5, 5.41) is 15.4. The molecule has 4 nitrogen and oxygen atoms in total. The molecule has 104 valence electrons. The molecule has 20 heavy (non-hydrogen) atoms. The zero-order valence-electron chi connectivity index (χ0n) is 11.8. The highest BCUT2D eigenvalue weighted by Crippen LogP contribution is 2.25. The number of methoxy groups -OCH3 is 1. The molecule has 2 aromatic rings. The summed E-state index contributed by atoms with van der Waals surface area (Å²) < 4.78 is 5.34. The lowest BCUT2D eigenvalue weighted by atomic mass is 10.0. The maximum absolute atomic E-state index is 8.98. The van der Waals surface area contributed by atoms with Crippen molar-refractivity contribution in [1.82, 2.24) is 10.3 Å². The van der Waals surface area contributed by atoms with Crippen LogP contribution in [0.3, 0.4) is 0 Å². The van der Waals surface area contributed by atoms with Gasteiger partial charge in [-0.05, 0) is 32.0 Å². The molecule has 0 fully saturated rings. The number of hydrogen-bond acceptors (Lipinski definition) is 5. The Balaban J connectivity index is 2.16. The van der Waals surface area contributed by atoms with Gasteiger partial charge >= 0.3 is 0 Å². The van der Waals surface area contributed by atoms with E-state index in [0.29, 0.717) is 12.1 Å². The van der Waals surface area contributed by atoms with Crippen molar-refractivity contribution in [2.45, 2.75) is 25.9 Å². The van der Waals surface area contributed by atoms with E-state index in [9.17, 15) is 0 Å². The molecule has 0 radical (unpaired) electrons. The zero-order chi connectivity index (χ0) is 14.6. The van der Waals surface area contributed by atoms with Crippen molar-refractivity contribution in [3.63, 3.8) is 0 Å². The van der Waals surface area contributed by atoms with Crippen LogP contribution in [-0.4, -0.2) is 12.1 Å². The van der Waals surface area contributed by atoms with Crippen molar-refractivity contribution in [3.8, 4) is 11.8 Å². The first kappa shape index (κ1) is 14.5. The third-order valence-electron chi connectivity index (χ3n) is 3.10. The van der Waals surface area contributed by atoms with Gasteiger partial charge in [-0.3, -0.25) is 0 Å². The second-order valence-electron chi connectivity index (χ2n) is 4.95. The summed E-state index contributed by atoms with van der Waals surface area (Å²) in [6.45, 7) is 4.80. The van der Waals surface area contributed by atoms with Gasteiger partial charge in [0, 0.05) is 23.7 Å². The lowest BCUT2D eigenvalue weighted by Gasteiger charge is -2.24. The summed E-state index contributed by atoms with van der Waals surface area (Å²) in [5.74, 6) is 0.784. The van der Waals surface area contributed by atoms with E-state index >= 15 is 0 Å². The van der Waals surface area contributed by atoms with E-state index in [1.807, 2.05) is 17.5 Å². The Bertz CT molecular complexity index is 615. The van der Waals surface area contributed by atoms with Crippen molar-refractivity contribution >= 4 is 11.3 Å². The van der Waals surface area contributed by atoms with Gasteiger partial charge in [-0.2, -0.15) is 5.26 Å². The van der Waals surface area contributed by atoms with Crippen LogP contribution in [0.15, 0.2) is 29.8 Å². The molecule has 1 aromatic heterocycles. The minimum absolute atomic E-state index is 0.220. The van der Waals surface area contributed by atoms with Crippen molar-refractivity contribution in [1.29, 1.82) is 5.26 Å². The Morgan fingerprint density at radius 1 is 1.45 bits per heavy atom. The van der Waals surface area contributed by atoms with Crippen LogP contribution in [-0.2, 0) is 12.1 Å². The van der Waals surface area contributed by atoms with Gasteiger partial charge in [0.15, 0.2) is 0 Å². The SMILES string of the molecule is COc1ccc(C#N)cc1CNC(C)(C)c1nccs1. The molecule has 5 heteroatoms. The van der Waals surface area contributed by atoms with Crippen molar-refractivity contribution in [2.75, 3.05) is 7.11 Å². The van der Waals surface area contributed by atoms with Crippen molar-refractivity contribution in [3.05, 3.63) is 45.9 Å². The molecule has 1 N–H and O–H groups in total. The van der Waals surface area contributed by atoms with Gasteiger partial charge in [0.05, 0.1) is 24.3 Å².